The van der Waals surface area contributed by atoms with Crippen LogP contribution in [-0.2, 0) is 6.54 Å². The topological polar surface area (TPSA) is 32.3 Å². The van der Waals surface area contributed by atoms with Gasteiger partial charge in [0.15, 0.2) is 5.78 Å². The Hall–Kier alpha value is -1.19. The van der Waals surface area contributed by atoms with Gasteiger partial charge in [-0.2, -0.15) is 0 Å². The molecule has 2 unspecified atom stereocenters. The van der Waals surface area contributed by atoms with Crippen molar-refractivity contribution in [2.24, 2.45) is 0 Å². The number of benzene rings is 1. The summed E-state index contributed by atoms with van der Waals surface area (Å²) in [6.07, 6.45) is 1.27. The zero-order valence-corrected chi connectivity index (χ0v) is 10.1. The molecule has 0 aliphatic carbocycles. The van der Waals surface area contributed by atoms with Crippen molar-refractivity contribution in [1.29, 1.82) is 0 Å². The van der Waals surface area contributed by atoms with Gasteiger partial charge in [0.1, 0.15) is 0 Å². The zero-order valence-electron chi connectivity index (χ0n) is 10.1. The highest BCUT2D eigenvalue weighted by atomic mass is 16.1. The van der Waals surface area contributed by atoms with E-state index in [4.69, 9.17) is 0 Å². The number of hydrogen-bond acceptors (Lipinski definition) is 3. The van der Waals surface area contributed by atoms with Crippen LogP contribution in [0.4, 0.5) is 0 Å². The number of nitrogens with zero attached hydrogens (tertiary/aromatic N) is 1. The number of ketones is 1. The van der Waals surface area contributed by atoms with Gasteiger partial charge in [0.25, 0.3) is 0 Å². The number of rotatable bonds is 3. The molecule has 0 spiro atoms. The fourth-order valence-electron chi connectivity index (χ4n) is 3.06. The maximum atomic E-state index is 11.6. The summed E-state index contributed by atoms with van der Waals surface area (Å²) in [4.78, 5) is 14.1. The highest BCUT2D eigenvalue weighted by Crippen LogP contribution is 2.25. The zero-order chi connectivity index (χ0) is 11.8. The Morgan fingerprint density at radius 2 is 2.29 bits per heavy atom. The first-order valence-electron chi connectivity index (χ1n) is 6.30. The minimum absolute atomic E-state index is 0.170. The summed E-state index contributed by atoms with van der Waals surface area (Å²) in [6.45, 7) is 4.79. The molecule has 3 nitrogen and oxygen atoms in total. The molecule has 1 aromatic rings. The van der Waals surface area contributed by atoms with Crippen molar-refractivity contribution < 1.29 is 4.79 Å². The summed E-state index contributed by atoms with van der Waals surface area (Å²) in [5.74, 6) is 0.170. The molecular weight excluding hydrogens is 212 g/mol. The smallest absolute Gasteiger partial charge is 0.160 e. The Bertz CT molecular complexity index is 444. The molecule has 2 saturated heterocycles. The molecule has 90 valence electrons. The van der Waals surface area contributed by atoms with Crippen molar-refractivity contribution in [3.05, 3.63) is 35.4 Å². The molecule has 0 radical (unpaired) electrons. The van der Waals surface area contributed by atoms with Gasteiger partial charge in [-0.3, -0.25) is 9.69 Å². The summed E-state index contributed by atoms with van der Waals surface area (Å²) in [5.41, 5.74) is 2.05. The van der Waals surface area contributed by atoms with Gasteiger partial charge in [0.05, 0.1) is 0 Å². The van der Waals surface area contributed by atoms with Crippen LogP contribution in [0.2, 0.25) is 0 Å². The van der Waals surface area contributed by atoms with Crippen LogP contribution < -0.4 is 5.32 Å². The minimum Gasteiger partial charge on any atom is -0.311 e. The Labute approximate surface area is 102 Å². The fraction of sp³-hybridized carbons (Fsp3) is 0.500. The van der Waals surface area contributed by atoms with Crippen LogP contribution in [0.1, 0.15) is 29.3 Å². The average molecular weight is 230 g/mol. The van der Waals surface area contributed by atoms with Crippen molar-refractivity contribution in [2.45, 2.75) is 32.0 Å². The lowest BCUT2D eigenvalue weighted by atomic mass is 10.0. The predicted molar refractivity (Wildman–Crippen MR) is 67.1 cm³/mol. The van der Waals surface area contributed by atoms with Crippen LogP contribution >= 0.6 is 0 Å². The van der Waals surface area contributed by atoms with Gasteiger partial charge in [-0.05, 0) is 18.9 Å². The van der Waals surface area contributed by atoms with Crippen LogP contribution in [0.25, 0.3) is 0 Å². The number of likely N-dealkylation sites (tertiary alicyclic amines) is 1. The standard InChI is InChI=1S/C14H18N2O/c1-10(17)14-5-3-2-4-11(14)8-16-9-12-6-13(16)7-15-12/h2-5,12-13,15H,6-9H2,1H3. The second-order valence-corrected chi connectivity index (χ2v) is 5.14. The SMILES string of the molecule is CC(=O)c1ccccc1CN1CC2CC1CN2. The quantitative estimate of drug-likeness (QED) is 0.797. The van der Waals surface area contributed by atoms with Gasteiger partial charge in [-0.25, -0.2) is 0 Å². The highest BCUT2D eigenvalue weighted by molar-refractivity contribution is 5.95. The summed E-state index contributed by atoms with van der Waals surface area (Å²) in [5, 5.41) is 3.50. The molecule has 0 saturated carbocycles. The Balaban J connectivity index is 1.79. The number of hydrogen-bond donors (Lipinski definition) is 1. The summed E-state index contributed by atoms with van der Waals surface area (Å²) < 4.78 is 0. The lowest BCUT2D eigenvalue weighted by Crippen LogP contribution is -2.43. The van der Waals surface area contributed by atoms with Gasteiger partial charge >= 0.3 is 0 Å². The number of carbonyl (C=O) groups is 1. The molecule has 3 heteroatoms. The number of fused-ring (bicyclic) bond motifs is 2. The van der Waals surface area contributed by atoms with Crippen LogP contribution in [0.5, 0.6) is 0 Å². The first kappa shape index (κ1) is 10.9. The van der Waals surface area contributed by atoms with Crippen molar-refractivity contribution in [3.63, 3.8) is 0 Å². The Morgan fingerprint density at radius 1 is 1.47 bits per heavy atom. The Kier molecular flexibility index (Phi) is 2.73. The first-order chi connectivity index (χ1) is 8.24. The third-order valence-electron chi connectivity index (χ3n) is 3.94. The number of Topliss-reactive ketones (excluding diaryl/α,β-unsaturated/α-hetero) is 1. The van der Waals surface area contributed by atoms with Gasteiger partial charge in [0.2, 0.25) is 0 Å². The summed E-state index contributed by atoms with van der Waals surface area (Å²) in [6, 6.07) is 9.32. The monoisotopic (exact) mass is 230 g/mol. The van der Waals surface area contributed by atoms with Crippen LogP contribution in [-0.4, -0.2) is 35.9 Å². The number of carbonyl (C=O) groups excluding carboxylic acids is 1. The van der Waals surface area contributed by atoms with E-state index < -0.39 is 0 Å². The van der Waals surface area contributed by atoms with Crippen molar-refractivity contribution in [1.82, 2.24) is 10.2 Å². The van der Waals surface area contributed by atoms with E-state index in [0.29, 0.717) is 12.1 Å². The molecule has 0 aromatic heterocycles. The van der Waals surface area contributed by atoms with E-state index in [9.17, 15) is 4.79 Å². The van der Waals surface area contributed by atoms with E-state index in [2.05, 4.69) is 16.3 Å². The van der Waals surface area contributed by atoms with Crippen molar-refractivity contribution in [3.8, 4) is 0 Å². The number of nitrogens with one attached hydrogen (secondary N) is 1. The van der Waals surface area contributed by atoms with Gasteiger partial charge in [-0.1, -0.05) is 24.3 Å². The minimum atomic E-state index is 0.170. The molecule has 2 heterocycles. The first-order valence-corrected chi connectivity index (χ1v) is 6.30. The largest absolute Gasteiger partial charge is 0.311 e. The third kappa shape index (κ3) is 2.01. The van der Waals surface area contributed by atoms with E-state index in [0.717, 1.165) is 25.2 Å². The van der Waals surface area contributed by atoms with E-state index in [1.807, 2.05) is 18.2 Å². The van der Waals surface area contributed by atoms with Crippen molar-refractivity contribution >= 4 is 5.78 Å². The Morgan fingerprint density at radius 3 is 2.94 bits per heavy atom. The number of piperazine rings is 1. The normalized spacial score (nSPS) is 27.6. The molecule has 2 atom stereocenters. The molecule has 2 aliphatic rings. The van der Waals surface area contributed by atoms with Gasteiger partial charge < -0.3 is 5.32 Å². The van der Waals surface area contributed by atoms with E-state index in [-0.39, 0.29) is 5.78 Å². The van der Waals surface area contributed by atoms with Crippen LogP contribution in [0, 0.1) is 0 Å². The van der Waals surface area contributed by atoms with E-state index in [1.54, 1.807) is 6.92 Å². The predicted octanol–water partition coefficient (Wildman–Crippen LogP) is 1.44. The van der Waals surface area contributed by atoms with Crippen LogP contribution in [0.3, 0.4) is 0 Å². The molecule has 1 N–H and O–H groups in total. The van der Waals surface area contributed by atoms with E-state index in [1.165, 1.54) is 12.0 Å². The summed E-state index contributed by atoms with van der Waals surface area (Å²) >= 11 is 0. The second kappa shape index (κ2) is 4.24. The summed E-state index contributed by atoms with van der Waals surface area (Å²) in [7, 11) is 0. The second-order valence-electron chi connectivity index (χ2n) is 5.14. The molecule has 2 aliphatic heterocycles. The molecule has 3 rings (SSSR count). The molecular formula is C14H18N2O. The lowest BCUT2D eigenvalue weighted by Gasteiger charge is -2.27. The maximum absolute atomic E-state index is 11.6. The van der Waals surface area contributed by atoms with Gasteiger partial charge in [0, 0.05) is 37.3 Å². The van der Waals surface area contributed by atoms with E-state index >= 15 is 0 Å². The lowest BCUT2D eigenvalue weighted by molar-refractivity contribution is 0.101. The molecule has 0 amide bonds. The third-order valence-corrected chi connectivity index (χ3v) is 3.94. The molecule has 2 fully saturated rings. The van der Waals surface area contributed by atoms with Crippen LogP contribution in [0.15, 0.2) is 24.3 Å². The molecule has 17 heavy (non-hydrogen) atoms. The van der Waals surface area contributed by atoms with Crippen molar-refractivity contribution in [2.75, 3.05) is 13.1 Å². The molecule has 1 aromatic carbocycles. The molecule has 2 bridgehead atoms. The maximum Gasteiger partial charge on any atom is 0.160 e. The van der Waals surface area contributed by atoms with Gasteiger partial charge in [-0.15, -0.1) is 0 Å². The highest BCUT2D eigenvalue weighted by Gasteiger charge is 2.37. The fourth-order valence-corrected chi connectivity index (χ4v) is 3.06. The average Bonchev–Trinajstić information content (AvgIpc) is 2.91.